The SMILES string of the molecule is CCNC(=O)N(CC(=O)N1CCc2sccc2[C@@H]1COc1cccc(F)c1)[C@H](C)CC. The second-order valence-electron chi connectivity index (χ2n) is 7.64. The molecule has 0 spiro atoms. The highest BCUT2D eigenvalue weighted by molar-refractivity contribution is 7.10. The predicted octanol–water partition coefficient (Wildman–Crippen LogP) is 4.22. The van der Waals surface area contributed by atoms with Gasteiger partial charge in [-0.25, -0.2) is 9.18 Å². The van der Waals surface area contributed by atoms with E-state index in [0.717, 1.165) is 18.4 Å². The number of ether oxygens (including phenoxy) is 1. The van der Waals surface area contributed by atoms with Gasteiger partial charge in [-0.15, -0.1) is 11.3 Å². The van der Waals surface area contributed by atoms with Gasteiger partial charge in [0.25, 0.3) is 0 Å². The van der Waals surface area contributed by atoms with E-state index in [9.17, 15) is 14.0 Å². The van der Waals surface area contributed by atoms with Crippen molar-refractivity contribution in [2.24, 2.45) is 0 Å². The highest BCUT2D eigenvalue weighted by Gasteiger charge is 2.34. The molecule has 2 aromatic rings. The Labute approximate surface area is 187 Å². The minimum absolute atomic E-state index is 0.0107. The maximum absolute atomic E-state index is 13.5. The molecular weight excluding hydrogens is 417 g/mol. The topological polar surface area (TPSA) is 61.9 Å². The zero-order valence-electron chi connectivity index (χ0n) is 18.3. The minimum atomic E-state index is -0.364. The van der Waals surface area contributed by atoms with Gasteiger partial charge in [0.05, 0.1) is 6.04 Å². The average molecular weight is 448 g/mol. The molecule has 0 saturated heterocycles. The lowest BCUT2D eigenvalue weighted by Crippen LogP contribution is -2.52. The van der Waals surface area contributed by atoms with E-state index in [0.29, 0.717) is 18.8 Å². The van der Waals surface area contributed by atoms with Crippen LogP contribution in [0, 0.1) is 5.82 Å². The normalized spacial score (nSPS) is 16.4. The van der Waals surface area contributed by atoms with E-state index in [1.54, 1.807) is 33.3 Å². The number of carbonyl (C=O) groups excluding carboxylic acids is 2. The number of amides is 3. The number of nitrogens with one attached hydrogen (secondary N) is 1. The number of hydrogen-bond donors (Lipinski definition) is 1. The van der Waals surface area contributed by atoms with Crippen molar-refractivity contribution in [3.05, 3.63) is 52.0 Å². The van der Waals surface area contributed by atoms with Crippen LogP contribution in [0.4, 0.5) is 9.18 Å². The highest BCUT2D eigenvalue weighted by Crippen LogP contribution is 2.34. The molecular formula is C23H30FN3O3S. The second kappa shape index (κ2) is 10.6. The Morgan fingerprint density at radius 1 is 1.35 bits per heavy atom. The zero-order valence-corrected chi connectivity index (χ0v) is 19.1. The molecule has 1 aromatic heterocycles. The number of fused-ring (bicyclic) bond motifs is 1. The maximum atomic E-state index is 13.5. The third-order valence-corrected chi connectivity index (χ3v) is 6.63. The van der Waals surface area contributed by atoms with Crippen molar-refractivity contribution >= 4 is 23.3 Å². The van der Waals surface area contributed by atoms with Gasteiger partial charge in [0.15, 0.2) is 0 Å². The van der Waals surface area contributed by atoms with Gasteiger partial charge >= 0.3 is 6.03 Å². The fraction of sp³-hybridized carbons (Fsp3) is 0.478. The van der Waals surface area contributed by atoms with E-state index in [-0.39, 0.29) is 43.0 Å². The Hall–Kier alpha value is -2.61. The molecule has 168 valence electrons. The van der Waals surface area contributed by atoms with Crippen molar-refractivity contribution in [2.45, 2.75) is 45.7 Å². The molecule has 0 unspecified atom stereocenters. The predicted molar refractivity (Wildman–Crippen MR) is 120 cm³/mol. The summed E-state index contributed by atoms with van der Waals surface area (Å²) in [4.78, 5) is 30.5. The molecule has 0 radical (unpaired) electrons. The van der Waals surface area contributed by atoms with Crippen molar-refractivity contribution < 1.29 is 18.7 Å². The molecule has 0 aliphatic carbocycles. The summed E-state index contributed by atoms with van der Waals surface area (Å²) in [5.41, 5.74) is 1.06. The summed E-state index contributed by atoms with van der Waals surface area (Å²) in [6.07, 6.45) is 1.53. The fourth-order valence-electron chi connectivity index (χ4n) is 3.74. The smallest absolute Gasteiger partial charge is 0.318 e. The van der Waals surface area contributed by atoms with Crippen LogP contribution >= 0.6 is 11.3 Å². The van der Waals surface area contributed by atoms with Crippen LogP contribution in [0.2, 0.25) is 0 Å². The standard InChI is InChI=1S/C23H30FN3O3S/c1-4-16(3)27(23(29)25-5-2)14-22(28)26-11-9-21-19(10-12-31-21)20(26)15-30-18-8-6-7-17(24)13-18/h6-8,10,12-13,16,20H,4-5,9,11,14-15H2,1-3H3,(H,25,29)/t16-,20+/m1/s1. The Morgan fingerprint density at radius 2 is 2.16 bits per heavy atom. The molecule has 1 aliphatic rings. The summed E-state index contributed by atoms with van der Waals surface area (Å²) in [7, 11) is 0. The molecule has 31 heavy (non-hydrogen) atoms. The number of urea groups is 1. The molecule has 2 heterocycles. The number of halogens is 1. The van der Waals surface area contributed by atoms with E-state index >= 15 is 0 Å². The van der Waals surface area contributed by atoms with Gasteiger partial charge in [-0.2, -0.15) is 0 Å². The maximum Gasteiger partial charge on any atom is 0.318 e. The number of nitrogens with zero attached hydrogens (tertiary/aromatic N) is 2. The van der Waals surface area contributed by atoms with E-state index in [1.807, 2.05) is 32.2 Å². The van der Waals surface area contributed by atoms with E-state index in [4.69, 9.17) is 4.74 Å². The van der Waals surface area contributed by atoms with Gasteiger partial charge in [0.2, 0.25) is 5.91 Å². The van der Waals surface area contributed by atoms with Crippen LogP contribution < -0.4 is 10.1 Å². The quantitative estimate of drug-likeness (QED) is 0.659. The molecule has 3 rings (SSSR count). The lowest BCUT2D eigenvalue weighted by Gasteiger charge is -2.38. The zero-order chi connectivity index (χ0) is 22.4. The second-order valence-corrected chi connectivity index (χ2v) is 8.64. The Kier molecular flexibility index (Phi) is 7.90. The summed E-state index contributed by atoms with van der Waals surface area (Å²) < 4.78 is 19.4. The number of benzene rings is 1. The Morgan fingerprint density at radius 3 is 2.87 bits per heavy atom. The molecule has 1 aliphatic heterocycles. The van der Waals surface area contributed by atoms with Gasteiger partial charge in [-0.05, 0) is 55.8 Å². The lowest BCUT2D eigenvalue weighted by atomic mass is 10.00. The summed E-state index contributed by atoms with van der Waals surface area (Å²) in [5, 5.41) is 4.82. The Bertz CT molecular complexity index is 904. The van der Waals surface area contributed by atoms with Crippen molar-refractivity contribution in [3.8, 4) is 5.75 Å². The summed E-state index contributed by atoms with van der Waals surface area (Å²) in [6.45, 7) is 7.10. The molecule has 0 bridgehead atoms. The van der Waals surface area contributed by atoms with Crippen LogP contribution in [0.3, 0.4) is 0 Å². The molecule has 1 aromatic carbocycles. The third-order valence-electron chi connectivity index (χ3n) is 5.64. The van der Waals surface area contributed by atoms with Gasteiger partial charge in [0, 0.05) is 30.1 Å². The van der Waals surface area contributed by atoms with Crippen LogP contribution in [-0.4, -0.2) is 54.0 Å². The van der Waals surface area contributed by atoms with Crippen LogP contribution in [0.15, 0.2) is 35.7 Å². The monoisotopic (exact) mass is 447 g/mol. The molecule has 6 nitrogen and oxygen atoms in total. The summed E-state index contributed by atoms with van der Waals surface area (Å²) >= 11 is 1.67. The first kappa shape index (κ1) is 23.1. The van der Waals surface area contributed by atoms with Crippen molar-refractivity contribution in [1.29, 1.82) is 0 Å². The molecule has 8 heteroatoms. The highest BCUT2D eigenvalue weighted by atomic mass is 32.1. The first-order valence-corrected chi connectivity index (χ1v) is 11.6. The molecule has 0 fully saturated rings. The van der Waals surface area contributed by atoms with Crippen LogP contribution in [0.5, 0.6) is 5.75 Å². The Balaban J connectivity index is 1.78. The minimum Gasteiger partial charge on any atom is -0.491 e. The van der Waals surface area contributed by atoms with E-state index in [2.05, 4.69) is 5.32 Å². The van der Waals surface area contributed by atoms with Crippen molar-refractivity contribution in [1.82, 2.24) is 15.1 Å². The van der Waals surface area contributed by atoms with E-state index in [1.165, 1.54) is 17.0 Å². The third kappa shape index (κ3) is 5.55. The van der Waals surface area contributed by atoms with Crippen molar-refractivity contribution in [3.63, 3.8) is 0 Å². The molecule has 1 N–H and O–H groups in total. The van der Waals surface area contributed by atoms with Crippen LogP contribution in [0.1, 0.15) is 43.7 Å². The first-order chi connectivity index (χ1) is 14.9. The van der Waals surface area contributed by atoms with Crippen LogP contribution in [0.25, 0.3) is 0 Å². The largest absolute Gasteiger partial charge is 0.491 e. The number of hydrogen-bond acceptors (Lipinski definition) is 4. The number of rotatable bonds is 8. The first-order valence-electron chi connectivity index (χ1n) is 10.7. The van der Waals surface area contributed by atoms with Gasteiger partial charge in [-0.3, -0.25) is 4.79 Å². The molecule has 2 atom stereocenters. The van der Waals surface area contributed by atoms with Gasteiger partial charge in [0.1, 0.15) is 24.7 Å². The number of thiophene rings is 1. The van der Waals surface area contributed by atoms with E-state index < -0.39 is 0 Å². The summed E-state index contributed by atoms with van der Waals surface area (Å²) in [5.74, 6) is -0.0500. The molecule has 0 saturated carbocycles. The average Bonchev–Trinajstić information content (AvgIpc) is 3.24. The van der Waals surface area contributed by atoms with Crippen LogP contribution in [-0.2, 0) is 11.2 Å². The van der Waals surface area contributed by atoms with Gasteiger partial charge in [-0.1, -0.05) is 13.0 Å². The fourth-order valence-corrected chi connectivity index (χ4v) is 4.67. The molecule has 3 amide bonds. The van der Waals surface area contributed by atoms with Crippen molar-refractivity contribution in [2.75, 3.05) is 26.2 Å². The summed E-state index contributed by atoms with van der Waals surface area (Å²) in [6, 6.07) is 7.46. The number of carbonyl (C=O) groups is 2. The lowest BCUT2D eigenvalue weighted by molar-refractivity contribution is -0.135. The van der Waals surface area contributed by atoms with Gasteiger partial charge < -0.3 is 19.9 Å².